The Morgan fingerprint density at radius 1 is 1.29 bits per heavy atom. The Balaban J connectivity index is 2.12. The van der Waals surface area contributed by atoms with Gasteiger partial charge in [-0.05, 0) is 20.5 Å². The van der Waals surface area contributed by atoms with Gasteiger partial charge in [0.2, 0.25) is 0 Å². The summed E-state index contributed by atoms with van der Waals surface area (Å²) in [5.41, 5.74) is 3.01. The molecule has 0 bridgehead atoms. The molecule has 0 saturated heterocycles. The molecule has 2 aromatic rings. The molecule has 2 aromatic heterocycles. The van der Waals surface area contributed by atoms with E-state index in [2.05, 4.69) is 26.5 Å². The Morgan fingerprint density at radius 3 is 2.67 bits per heavy atom. The third kappa shape index (κ3) is 3.56. The number of hydrogen-bond acceptors (Lipinski definition) is 4. The highest BCUT2D eigenvalue weighted by molar-refractivity contribution is 6.16. The highest BCUT2D eigenvalue weighted by Crippen LogP contribution is 2.21. The highest BCUT2D eigenvalue weighted by Gasteiger charge is 2.17. The Labute approximate surface area is 130 Å². The standard InChI is InChI=1S/C14H24ClN5O/c1-5-11-13-14(19(4)17-11)20(12(10-15)16-13)7-9-21-8-6-18(2)3/h5-10H2,1-4H3. The van der Waals surface area contributed by atoms with Gasteiger partial charge in [-0.15, -0.1) is 11.6 Å². The van der Waals surface area contributed by atoms with Crippen LogP contribution in [0.15, 0.2) is 0 Å². The van der Waals surface area contributed by atoms with Gasteiger partial charge in [0.25, 0.3) is 0 Å². The number of likely N-dealkylation sites (N-methyl/N-ethyl adjacent to an activating group) is 1. The van der Waals surface area contributed by atoms with Gasteiger partial charge in [0.1, 0.15) is 11.3 Å². The first-order chi connectivity index (χ1) is 10.1. The van der Waals surface area contributed by atoms with E-state index in [-0.39, 0.29) is 0 Å². The maximum Gasteiger partial charge on any atom is 0.158 e. The summed E-state index contributed by atoms with van der Waals surface area (Å²) in [5, 5.41) is 4.51. The van der Waals surface area contributed by atoms with E-state index in [9.17, 15) is 0 Å². The van der Waals surface area contributed by atoms with Crippen LogP contribution in [0.25, 0.3) is 11.2 Å². The number of halogens is 1. The molecule has 0 aliphatic rings. The number of hydrogen-bond donors (Lipinski definition) is 0. The number of fused-ring (bicyclic) bond motifs is 1. The average Bonchev–Trinajstić information content (AvgIpc) is 2.96. The van der Waals surface area contributed by atoms with Gasteiger partial charge in [0.15, 0.2) is 5.65 Å². The third-order valence-electron chi connectivity index (χ3n) is 3.47. The lowest BCUT2D eigenvalue weighted by molar-refractivity contribution is 0.111. The van der Waals surface area contributed by atoms with E-state index in [0.29, 0.717) is 12.5 Å². The lowest BCUT2D eigenvalue weighted by atomic mass is 10.3. The second kappa shape index (κ2) is 7.24. The van der Waals surface area contributed by atoms with Gasteiger partial charge in [0.05, 0.1) is 24.8 Å². The summed E-state index contributed by atoms with van der Waals surface area (Å²) in [4.78, 5) is 6.74. The second-order valence-corrected chi connectivity index (χ2v) is 5.59. The van der Waals surface area contributed by atoms with Crippen LogP contribution >= 0.6 is 11.6 Å². The minimum absolute atomic E-state index is 0.398. The van der Waals surface area contributed by atoms with Crippen LogP contribution in [0.5, 0.6) is 0 Å². The minimum Gasteiger partial charge on any atom is -0.378 e. The predicted molar refractivity (Wildman–Crippen MR) is 84.8 cm³/mol. The molecule has 0 aromatic carbocycles. The van der Waals surface area contributed by atoms with Crippen molar-refractivity contribution in [1.29, 1.82) is 0 Å². The number of ether oxygens (including phenoxy) is 1. The molecule has 0 unspecified atom stereocenters. The zero-order valence-electron chi connectivity index (χ0n) is 13.3. The molecule has 0 fully saturated rings. The molecule has 0 N–H and O–H groups in total. The zero-order valence-corrected chi connectivity index (χ0v) is 14.0. The molecule has 0 atom stereocenters. The van der Waals surface area contributed by atoms with Crippen molar-refractivity contribution in [3.63, 3.8) is 0 Å². The molecular formula is C14H24ClN5O. The summed E-state index contributed by atoms with van der Waals surface area (Å²) in [6.07, 6.45) is 0.870. The van der Waals surface area contributed by atoms with Crippen molar-refractivity contribution < 1.29 is 4.74 Å². The average molecular weight is 314 g/mol. The van der Waals surface area contributed by atoms with Gasteiger partial charge in [-0.2, -0.15) is 5.10 Å². The van der Waals surface area contributed by atoms with Crippen molar-refractivity contribution in [2.75, 3.05) is 33.9 Å². The number of aryl methyl sites for hydroxylation is 2. The minimum atomic E-state index is 0.398. The molecule has 6 nitrogen and oxygen atoms in total. The van der Waals surface area contributed by atoms with Crippen molar-refractivity contribution in [2.45, 2.75) is 25.8 Å². The molecule has 118 valence electrons. The van der Waals surface area contributed by atoms with Gasteiger partial charge in [-0.25, -0.2) is 4.98 Å². The number of nitrogens with zero attached hydrogens (tertiary/aromatic N) is 5. The molecule has 0 radical (unpaired) electrons. The van der Waals surface area contributed by atoms with Crippen LogP contribution in [0.3, 0.4) is 0 Å². The van der Waals surface area contributed by atoms with Crippen LogP contribution in [0.2, 0.25) is 0 Å². The first-order valence-corrected chi connectivity index (χ1v) is 7.81. The third-order valence-corrected chi connectivity index (χ3v) is 3.71. The summed E-state index contributed by atoms with van der Waals surface area (Å²) in [6, 6.07) is 0. The summed E-state index contributed by atoms with van der Waals surface area (Å²) in [5.74, 6) is 1.28. The molecule has 2 rings (SSSR count). The van der Waals surface area contributed by atoms with Crippen LogP contribution < -0.4 is 0 Å². The van der Waals surface area contributed by atoms with Crippen molar-refractivity contribution >= 4 is 22.8 Å². The largest absolute Gasteiger partial charge is 0.378 e. The molecular weight excluding hydrogens is 290 g/mol. The van der Waals surface area contributed by atoms with Crippen molar-refractivity contribution in [2.24, 2.45) is 7.05 Å². The maximum atomic E-state index is 6.03. The first kappa shape index (κ1) is 16.3. The molecule has 0 spiro atoms. The van der Waals surface area contributed by atoms with Gasteiger partial charge >= 0.3 is 0 Å². The maximum absolute atomic E-state index is 6.03. The molecule has 2 heterocycles. The van der Waals surface area contributed by atoms with E-state index in [1.807, 2.05) is 25.8 Å². The van der Waals surface area contributed by atoms with Crippen LogP contribution in [-0.4, -0.2) is 58.1 Å². The van der Waals surface area contributed by atoms with Gasteiger partial charge < -0.3 is 14.2 Å². The normalized spacial score (nSPS) is 11.9. The number of alkyl halides is 1. The van der Waals surface area contributed by atoms with Crippen LogP contribution in [-0.2, 0) is 30.6 Å². The van der Waals surface area contributed by atoms with E-state index in [1.54, 1.807) is 0 Å². The Hall–Kier alpha value is -1.11. The van der Waals surface area contributed by atoms with Crippen molar-refractivity contribution in [3.05, 3.63) is 11.5 Å². The number of rotatable bonds is 8. The molecule has 7 heteroatoms. The summed E-state index contributed by atoms with van der Waals surface area (Å²) < 4.78 is 9.68. The highest BCUT2D eigenvalue weighted by atomic mass is 35.5. The molecule has 21 heavy (non-hydrogen) atoms. The zero-order chi connectivity index (χ0) is 15.4. The second-order valence-electron chi connectivity index (χ2n) is 5.33. The van der Waals surface area contributed by atoms with Gasteiger partial charge in [-0.1, -0.05) is 6.92 Å². The lowest BCUT2D eigenvalue weighted by Gasteiger charge is -2.11. The van der Waals surface area contributed by atoms with E-state index < -0.39 is 0 Å². The van der Waals surface area contributed by atoms with Crippen LogP contribution in [0.1, 0.15) is 18.4 Å². The number of imidazole rings is 1. The lowest BCUT2D eigenvalue weighted by Crippen LogP contribution is -2.19. The fourth-order valence-electron chi connectivity index (χ4n) is 2.37. The smallest absolute Gasteiger partial charge is 0.158 e. The monoisotopic (exact) mass is 313 g/mol. The summed E-state index contributed by atoms with van der Waals surface area (Å²) in [6.45, 7) is 5.13. The molecule has 0 aliphatic heterocycles. The van der Waals surface area contributed by atoms with E-state index in [0.717, 1.165) is 48.8 Å². The van der Waals surface area contributed by atoms with Gasteiger partial charge in [0, 0.05) is 20.1 Å². The number of aromatic nitrogens is 4. The Kier molecular flexibility index (Phi) is 5.61. The Bertz CT molecular complexity index is 590. The summed E-state index contributed by atoms with van der Waals surface area (Å²) >= 11 is 6.03. The van der Waals surface area contributed by atoms with Crippen LogP contribution in [0.4, 0.5) is 0 Å². The van der Waals surface area contributed by atoms with Crippen molar-refractivity contribution in [1.82, 2.24) is 24.2 Å². The Morgan fingerprint density at radius 2 is 2.05 bits per heavy atom. The molecule has 0 amide bonds. The van der Waals surface area contributed by atoms with Crippen molar-refractivity contribution in [3.8, 4) is 0 Å². The van der Waals surface area contributed by atoms with E-state index in [4.69, 9.17) is 16.3 Å². The van der Waals surface area contributed by atoms with E-state index in [1.165, 1.54) is 0 Å². The SMILES string of the molecule is CCc1nn(C)c2c1nc(CCl)n2CCOCCN(C)C. The fraction of sp³-hybridized carbons (Fsp3) is 0.714. The van der Waals surface area contributed by atoms with Gasteiger partial charge in [-0.3, -0.25) is 4.68 Å². The summed E-state index contributed by atoms with van der Waals surface area (Å²) in [7, 11) is 6.02. The predicted octanol–water partition coefficient (Wildman–Crippen LogP) is 1.65. The fourth-order valence-corrected chi connectivity index (χ4v) is 2.57. The molecule has 0 aliphatic carbocycles. The topological polar surface area (TPSA) is 48.1 Å². The van der Waals surface area contributed by atoms with E-state index >= 15 is 0 Å². The van der Waals surface area contributed by atoms with Crippen LogP contribution in [0, 0.1) is 0 Å². The molecule has 0 saturated carbocycles. The quantitative estimate of drug-likeness (QED) is 0.549. The first-order valence-electron chi connectivity index (χ1n) is 7.27.